The second kappa shape index (κ2) is 13.5. The molecular weight excluding hydrogens is 559 g/mol. The Bertz CT molecular complexity index is 1130. The lowest BCUT2D eigenvalue weighted by Gasteiger charge is -2.68. The highest BCUT2D eigenvalue weighted by Crippen LogP contribution is 2.72. The van der Waals surface area contributed by atoms with Crippen molar-refractivity contribution in [3.63, 3.8) is 0 Å². The lowest BCUT2D eigenvalue weighted by atomic mass is 9.36. The molecule has 0 amide bonds. The number of ether oxygens (including phenoxy) is 1. The predicted octanol–water partition coefficient (Wildman–Crippen LogP) is 10.5. The predicted molar refractivity (Wildman–Crippen MR) is 173 cm³/mol. The fraction of sp³-hybridized carbons (Fsp3) is 0.763. The molecule has 44 heavy (non-hydrogen) atoms. The molecule has 5 aliphatic rings. The van der Waals surface area contributed by atoms with Crippen LogP contribution in [0.3, 0.4) is 0 Å². The number of alkyl halides is 3. The van der Waals surface area contributed by atoms with Gasteiger partial charge in [0, 0.05) is 12.0 Å². The summed E-state index contributed by atoms with van der Waals surface area (Å²) in [6.07, 6.45) is 15.1. The Morgan fingerprint density at radius 2 is 1.64 bits per heavy atom. The Labute approximate surface area is 265 Å². The first-order valence-electron chi connectivity index (χ1n) is 17.2. The molecule has 0 aliphatic heterocycles. The number of rotatable bonds is 4. The van der Waals surface area contributed by atoms with Gasteiger partial charge in [-0.3, -0.25) is 0 Å². The van der Waals surface area contributed by atoms with Crippen LogP contribution in [0.5, 0.6) is 5.75 Å². The van der Waals surface area contributed by atoms with Crippen molar-refractivity contribution < 1.29 is 22.7 Å². The summed E-state index contributed by atoms with van der Waals surface area (Å²) in [5.41, 5.74) is 2.47. The molecule has 0 bridgehead atoms. The van der Waals surface area contributed by atoms with Gasteiger partial charge < -0.3 is 14.8 Å². The van der Waals surface area contributed by atoms with Gasteiger partial charge in [0.15, 0.2) is 0 Å². The zero-order valence-corrected chi connectivity index (χ0v) is 28.2. The first kappa shape index (κ1) is 35.0. The van der Waals surface area contributed by atoms with Crippen molar-refractivity contribution in [3.8, 4) is 5.75 Å². The van der Waals surface area contributed by atoms with Gasteiger partial charge in [-0.15, -0.1) is 19.8 Å². The van der Waals surface area contributed by atoms with Crippen LogP contribution in [-0.4, -0.2) is 19.7 Å². The van der Waals surface area contributed by atoms with E-state index in [2.05, 4.69) is 44.3 Å². The molecule has 0 heterocycles. The molecule has 5 aliphatic carbocycles. The molecular formula is C38H58F3NO2. The second-order valence-electron chi connectivity index (χ2n) is 15.9. The molecule has 6 heteroatoms. The number of aldehydes is 1. The highest BCUT2D eigenvalue weighted by molar-refractivity contribution is 5.61. The molecule has 0 spiro atoms. The van der Waals surface area contributed by atoms with Gasteiger partial charge in [0.2, 0.25) is 0 Å². The Balaban J connectivity index is 0.000000220. The molecule has 3 nitrogen and oxygen atoms in total. The maximum Gasteiger partial charge on any atom is 0.573 e. The Kier molecular flexibility index (Phi) is 10.8. The molecule has 1 N–H and O–H groups in total. The third-order valence-electron chi connectivity index (χ3n) is 13.1. The van der Waals surface area contributed by atoms with Crippen molar-refractivity contribution in [2.45, 2.75) is 125 Å². The Morgan fingerprint density at radius 3 is 2.30 bits per heavy atom. The minimum atomic E-state index is -4.63. The average Bonchev–Trinajstić information content (AvgIpc) is 3.38. The summed E-state index contributed by atoms with van der Waals surface area (Å²) in [5.74, 6) is 4.14. The molecule has 0 radical (unpaired) electrons. The van der Waals surface area contributed by atoms with E-state index < -0.39 is 6.36 Å². The monoisotopic (exact) mass is 617 g/mol. The zero-order chi connectivity index (χ0) is 32.4. The van der Waals surface area contributed by atoms with Crippen molar-refractivity contribution in [3.05, 3.63) is 42.5 Å². The van der Waals surface area contributed by atoms with E-state index in [1.165, 1.54) is 102 Å². The molecule has 1 aromatic carbocycles. The third kappa shape index (κ3) is 6.81. The summed E-state index contributed by atoms with van der Waals surface area (Å²) in [4.78, 5) is 12.1. The lowest BCUT2D eigenvalue weighted by molar-refractivity contribution is -0.274. The van der Waals surface area contributed by atoms with Crippen molar-refractivity contribution in [1.29, 1.82) is 0 Å². The smallest absolute Gasteiger partial charge is 0.406 e. The van der Waals surface area contributed by atoms with Gasteiger partial charge in [-0.2, -0.15) is 0 Å². The van der Waals surface area contributed by atoms with Crippen LogP contribution in [0, 0.1) is 51.2 Å². The van der Waals surface area contributed by atoms with E-state index in [4.69, 9.17) is 0 Å². The maximum atomic E-state index is 12.1. The van der Waals surface area contributed by atoms with E-state index in [1.54, 1.807) is 19.2 Å². The first-order chi connectivity index (χ1) is 20.7. The van der Waals surface area contributed by atoms with Crippen LogP contribution in [0.25, 0.3) is 0 Å². The van der Waals surface area contributed by atoms with E-state index in [0.717, 1.165) is 35.2 Å². The van der Waals surface area contributed by atoms with Gasteiger partial charge in [-0.1, -0.05) is 58.7 Å². The van der Waals surface area contributed by atoms with Crippen molar-refractivity contribution in [2.24, 2.45) is 51.2 Å². The molecule has 0 saturated heterocycles. The van der Waals surface area contributed by atoms with Gasteiger partial charge in [-0.25, -0.2) is 0 Å². The molecule has 5 saturated carbocycles. The van der Waals surface area contributed by atoms with E-state index in [9.17, 15) is 18.0 Å². The summed E-state index contributed by atoms with van der Waals surface area (Å²) in [6.45, 7) is 16.3. The Hall–Kier alpha value is -1.82. The topological polar surface area (TPSA) is 38.3 Å². The molecule has 8 atom stereocenters. The minimum Gasteiger partial charge on any atom is -0.406 e. The van der Waals surface area contributed by atoms with E-state index in [1.807, 2.05) is 6.92 Å². The van der Waals surface area contributed by atoms with Gasteiger partial charge in [0.1, 0.15) is 12.0 Å². The number of carbonyl (C=O) groups excluding carboxylic acids is 1. The SMILES string of the molecule is C=CC.CC1(C)CCCC2(C)C1CCC1(C)C3CCC4(C=O)CCCC4C3CCC12.CNCc1cccc(OC(F)(F)F)c1. The number of hydrogen-bond acceptors (Lipinski definition) is 3. The number of halogens is 3. The molecule has 0 aromatic heterocycles. The molecule has 248 valence electrons. The van der Waals surface area contributed by atoms with Crippen LogP contribution in [-0.2, 0) is 11.3 Å². The summed E-state index contributed by atoms with van der Waals surface area (Å²) in [5, 5.41) is 2.84. The summed E-state index contributed by atoms with van der Waals surface area (Å²) in [7, 11) is 1.72. The number of fused-ring (bicyclic) bond motifs is 7. The van der Waals surface area contributed by atoms with Crippen LogP contribution >= 0.6 is 0 Å². The molecule has 5 fully saturated rings. The number of nitrogens with one attached hydrogen (secondary N) is 1. The first-order valence-corrected chi connectivity index (χ1v) is 17.2. The van der Waals surface area contributed by atoms with Crippen LogP contribution in [0.4, 0.5) is 13.2 Å². The highest BCUT2D eigenvalue weighted by Gasteiger charge is 2.65. The summed E-state index contributed by atoms with van der Waals surface area (Å²) in [6, 6.07) is 5.87. The number of benzene rings is 1. The summed E-state index contributed by atoms with van der Waals surface area (Å²) >= 11 is 0. The number of carbonyl (C=O) groups is 1. The summed E-state index contributed by atoms with van der Waals surface area (Å²) < 4.78 is 39.2. The third-order valence-corrected chi connectivity index (χ3v) is 13.1. The largest absolute Gasteiger partial charge is 0.573 e. The van der Waals surface area contributed by atoms with Gasteiger partial charge in [0.05, 0.1) is 0 Å². The van der Waals surface area contributed by atoms with E-state index >= 15 is 0 Å². The van der Waals surface area contributed by atoms with Gasteiger partial charge in [0.25, 0.3) is 0 Å². The lowest BCUT2D eigenvalue weighted by Crippen LogP contribution is -2.61. The van der Waals surface area contributed by atoms with Crippen LogP contribution in [0.1, 0.15) is 117 Å². The number of hydrogen-bond donors (Lipinski definition) is 1. The second-order valence-corrected chi connectivity index (χ2v) is 15.9. The fourth-order valence-electron chi connectivity index (χ4n) is 11.6. The molecule has 8 unspecified atom stereocenters. The van der Waals surface area contributed by atoms with E-state index in [0.29, 0.717) is 22.8 Å². The van der Waals surface area contributed by atoms with Gasteiger partial charge in [-0.05, 0) is 142 Å². The Morgan fingerprint density at radius 1 is 0.909 bits per heavy atom. The van der Waals surface area contributed by atoms with Crippen LogP contribution < -0.4 is 10.1 Å². The fourth-order valence-corrected chi connectivity index (χ4v) is 11.6. The van der Waals surface area contributed by atoms with Crippen molar-refractivity contribution >= 4 is 6.29 Å². The average molecular weight is 618 g/mol. The van der Waals surface area contributed by atoms with Crippen LogP contribution in [0.2, 0.25) is 0 Å². The molecule has 6 rings (SSSR count). The van der Waals surface area contributed by atoms with Crippen molar-refractivity contribution in [2.75, 3.05) is 7.05 Å². The quantitative estimate of drug-likeness (QED) is 0.270. The highest BCUT2D eigenvalue weighted by atomic mass is 19.4. The van der Waals surface area contributed by atoms with Crippen molar-refractivity contribution in [1.82, 2.24) is 5.32 Å². The minimum absolute atomic E-state index is 0.0816. The standard InChI is InChI=1S/C26H42O.C9H10F3NO.C3H6/c1-23(2)12-6-13-25(4)21(23)11-15-24(3)19-10-16-26(17-27)14-5-7-20(26)18(19)8-9-22(24)25;1-13-6-7-3-2-4-8(5-7)14-9(10,11)12;1-3-2/h17-22H,5-16H2,1-4H3;2-5,13H,6H2,1H3;3H,1H2,2H3. The van der Waals surface area contributed by atoms with Gasteiger partial charge >= 0.3 is 6.36 Å². The molecule has 1 aromatic rings. The van der Waals surface area contributed by atoms with Crippen LogP contribution in [0.15, 0.2) is 36.9 Å². The maximum absolute atomic E-state index is 12.1. The van der Waals surface area contributed by atoms with E-state index in [-0.39, 0.29) is 11.2 Å². The zero-order valence-electron chi connectivity index (χ0n) is 28.2. The number of allylic oxidation sites excluding steroid dienone is 1. The normalized spacial score (nSPS) is 38.5.